The van der Waals surface area contributed by atoms with Gasteiger partial charge >= 0.3 is 6.36 Å². The van der Waals surface area contributed by atoms with Crippen LogP contribution in [0, 0.1) is 0 Å². The van der Waals surface area contributed by atoms with Gasteiger partial charge in [-0.25, -0.2) is 0 Å². The largest absolute Gasteiger partial charge is 0.573 e. The fraction of sp³-hybridized carbons (Fsp3) is 0.200. The van der Waals surface area contributed by atoms with Crippen LogP contribution in [0.4, 0.5) is 18.9 Å². The van der Waals surface area contributed by atoms with E-state index in [1.807, 2.05) is 0 Å². The van der Waals surface area contributed by atoms with Gasteiger partial charge in [-0.2, -0.15) is 0 Å². The first-order chi connectivity index (χ1) is 11.2. The lowest BCUT2D eigenvalue weighted by Gasteiger charge is -2.30. The number of alkyl halides is 3. The summed E-state index contributed by atoms with van der Waals surface area (Å²) in [5.74, 6) is -0.344. The number of fused-ring (bicyclic) bond motifs is 1. The van der Waals surface area contributed by atoms with Gasteiger partial charge in [0.1, 0.15) is 10.9 Å². The minimum atomic E-state index is -4.75. The first kappa shape index (κ1) is 17.0. The van der Waals surface area contributed by atoms with Crippen molar-refractivity contribution in [1.82, 2.24) is 4.57 Å². The molecule has 1 aromatic carbocycles. The summed E-state index contributed by atoms with van der Waals surface area (Å²) in [6.45, 7) is 0. The summed E-state index contributed by atoms with van der Waals surface area (Å²) < 4.78 is 42.0. The highest BCUT2D eigenvalue weighted by Crippen LogP contribution is 2.41. The summed E-state index contributed by atoms with van der Waals surface area (Å²) in [5, 5.41) is 11.1. The molecule has 2 aromatic rings. The fourth-order valence-corrected chi connectivity index (χ4v) is 3.04. The molecule has 1 aromatic heterocycles. The maximum atomic E-state index is 12.2. The zero-order chi connectivity index (χ0) is 17.6. The molecule has 9 heteroatoms. The average molecular weight is 379 g/mol. The second-order valence-electron chi connectivity index (χ2n) is 5.10. The normalized spacial score (nSPS) is 17.1. The van der Waals surface area contributed by atoms with Crippen LogP contribution >= 0.6 is 23.2 Å². The third-order valence-electron chi connectivity index (χ3n) is 3.63. The van der Waals surface area contributed by atoms with Gasteiger partial charge in [0.2, 0.25) is 0 Å². The molecule has 0 saturated heterocycles. The Balaban J connectivity index is 1.90. The van der Waals surface area contributed by atoms with Gasteiger partial charge in [0.05, 0.1) is 10.7 Å². The number of hydrogen-bond acceptors (Lipinski definition) is 3. The van der Waals surface area contributed by atoms with Gasteiger partial charge in [-0.05, 0) is 30.3 Å². The molecular weight excluding hydrogens is 368 g/mol. The standard InChI is InChI=1S/C15H11Cl2F3N2O2/c1-21-10-6-7-22(14(23)11(10)12(16)13(21)17)8-2-4-9(5-3-8)24-15(18,19)20/h2-7,14,23H,1H3. The number of nitrogens with zero attached hydrogens (tertiary/aromatic N) is 2. The van der Waals surface area contributed by atoms with Crippen LogP contribution in [0.2, 0.25) is 10.2 Å². The lowest BCUT2D eigenvalue weighted by molar-refractivity contribution is -0.274. The Labute approximate surface area is 145 Å². The van der Waals surface area contributed by atoms with Crippen molar-refractivity contribution in [3.8, 4) is 5.75 Å². The maximum Gasteiger partial charge on any atom is 0.573 e. The second-order valence-corrected chi connectivity index (χ2v) is 5.84. The number of ether oxygens (including phenoxy) is 1. The SMILES string of the molecule is Cn1c(Cl)c(Cl)c2c1C=CN(c1ccc(OC(F)(F)F)cc1)C2O. The van der Waals surface area contributed by atoms with Crippen LogP contribution in [0.3, 0.4) is 0 Å². The number of aliphatic hydroxyl groups excluding tert-OH is 1. The van der Waals surface area contributed by atoms with Gasteiger partial charge in [-0.1, -0.05) is 23.2 Å². The summed E-state index contributed by atoms with van der Waals surface area (Å²) in [7, 11) is 1.71. The smallest absolute Gasteiger partial charge is 0.406 e. The van der Waals surface area contributed by atoms with Crippen LogP contribution < -0.4 is 9.64 Å². The molecule has 1 atom stereocenters. The first-order valence-electron chi connectivity index (χ1n) is 6.73. The summed E-state index contributed by atoms with van der Waals surface area (Å²) >= 11 is 12.2. The predicted octanol–water partition coefficient (Wildman–Crippen LogP) is 4.71. The number of halogens is 5. The number of aromatic nitrogens is 1. The van der Waals surface area contributed by atoms with Crippen LogP contribution in [0.1, 0.15) is 17.5 Å². The number of aliphatic hydroxyl groups is 1. The molecule has 0 fully saturated rings. The van der Waals surface area contributed by atoms with Crippen molar-refractivity contribution in [3.05, 3.63) is 51.9 Å². The average Bonchev–Trinajstić information content (AvgIpc) is 2.72. The summed E-state index contributed by atoms with van der Waals surface area (Å²) in [5.41, 5.74) is 1.56. The molecule has 0 amide bonds. The van der Waals surface area contributed by atoms with Crippen molar-refractivity contribution < 1.29 is 23.0 Å². The van der Waals surface area contributed by atoms with Crippen molar-refractivity contribution in [1.29, 1.82) is 0 Å². The minimum absolute atomic E-state index is 0.230. The van der Waals surface area contributed by atoms with Gasteiger partial charge in [0.25, 0.3) is 0 Å². The molecule has 4 nitrogen and oxygen atoms in total. The molecule has 0 bridgehead atoms. The Morgan fingerprint density at radius 1 is 1.17 bits per heavy atom. The highest BCUT2D eigenvalue weighted by atomic mass is 35.5. The molecule has 1 aliphatic rings. The molecule has 1 unspecified atom stereocenters. The Morgan fingerprint density at radius 2 is 1.79 bits per heavy atom. The van der Waals surface area contributed by atoms with E-state index in [2.05, 4.69) is 4.74 Å². The molecule has 1 aliphatic heterocycles. The highest BCUT2D eigenvalue weighted by molar-refractivity contribution is 6.42. The van der Waals surface area contributed by atoms with E-state index in [1.165, 1.54) is 29.2 Å². The molecule has 0 spiro atoms. The fourth-order valence-electron chi connectivity index (χ4n) is 2.52. The number of benzene rings is 1. The van der Waals surface area contributed by atoms with E-state index >= 15 is 0 Å². The van der Waals surface area contributed by atoms with E-state index in [4.69, 9.17) is 23.2 Å². The van der Waals surface area contributed by atoms with E-state index in [-0.39, 0.29) is 10.8 Å². The van der Waals surface area contributed by atoms with Gasteiger partial charge < -0.3 is 19.3 Å². The van der Waals surface area contributed by atoms with Crippen LogP contribution in [-0.2, 0) is 7.05 Å². The van der Waals surface area contributed by atoms with Crippen molar-refractivity contribution in [2.75, 3.05) is 4.90 Å². The van der Waals surface area contributed by atoms with Crippen LogP contribution in [0.25, 0.3) is 6.08 Å². The third kappa shape index (κ3) is 2.94. The molecule has 0 saturated carbocycles. The molecule has 1 N–H and O–H groups in total. The van der Waals surface area contributed by atoms with Crippen LogP contribution in [-0.4, -0.2) is 16.0 Å². The summed E-state index contributed by atoms with van der Waals surface area (Å²) in [6, 6.07) is 5.13. The zero-order valence-electron chi connectivity index (χ0n) is 12.2. The third-order valence-corrected chi connectivity index (χ3v) is 4.55. The number of rotatable bonds is 2. The minimum Gasteiger partial charge on any atom is -0.406 e. The van der Waals surface area contributed by atoms with Crippen molar-refractivity contribution in [3.63, 3.8) is 0 Å². The molecular formula is C15H11Cl2F3N2O2. The van der Waals surface area contributed by atoms with Gasteiger partial charge in [-0.3, -0.25) is 0 Å². The monoisotopic (exact) mass is 378 g/mol. The van der Waals surface area contributed by atoms with Crippen LogP contribution in [0.5, 0.6) is 5.75 Å². The highest BCUT2D eigenvalue weighted by Gasteiger charge is 2.32. The Morgan fingerprint density at radius 3 is 2.38 bits per heavy atom. The lowest BCUT2D eigenvalue weighted by Crippen LogP contribution is -2.26. The Hall–Kier alpha value is -1.83. The molecule has 0 aliphatic carbocycles. The second kappa shape index (κ2) is 5.91. The molecule has 128 valence electrons. The first-order valence-corrected chi connectivity index (χ1v) is 7.48. The van der Waals surface area contributed by atoms with E-state index in [9.17, 15) is 18.3 Å². The summed E-state index contributed by atoms with van der Waals surface area (Å²) in [6.07, 6.45) is -2.57. The van der Waals surface area contributed by atoms with Crippen LogP contribution in [0.15, 0.2) is 30.5 Å². The number of anilines is 1. The molecule has 0 radical (unpaired) electrons. The maximum absolute atomic E-state index is 12.2. The van der Waals surface area contributed by atoms with Gasteiger partial charge in [0, 0.05) is 24.5 Å². The molecule has 2 heterocycles. The van der Waals surface area contributed by atoms with Crippen molar-refractivity contribution in [2.45, 2.75) is 12.6 Å². The Kier molecular flexibility index (Phi) is 4.19. The summed E-state index contributed by atoms with van der Waals surface area (Å²) in [4.78, 5) is 1.46. The molecule has 3 rings (SSSR count). The van der Waals surface area contributed by atoms with E-state index in [0.29, 0.717) is 22.1 Å². The van der Waals surface area contributed by atoms with E-state index in [1.54, 1.807) is 23.9 Å². The zero-order valence-corrected chi connectivity index (χ0v) is 13.7. The van der Waals surface area contributed by atoms with Gasteiger partial charge in [-0.15, -0.1) is 13.2 Å². The van der Waals surface area contributed by atoms with Crippen molar-refractivity contribution >= 4 is 35.0 Å². The molecule has 24 heavy (non-hydrogen) atoms. The predicted molar refractivity (Wildman–Crippen MR) is 85.0 cm³/mol. The number of hydrogen-bond donors (Lipinski definition) is 1. The quantitative estimate of drug-likeness (QED) is 0.821. The van der Waals surface area contributed by atoms with Gasteiger partial charge in [0.15, 0.2) is 6.23 Å². The van der Waals surface area contributed by atoms with E-state index in [0.717, 1.165) is 0 Å². The van der Waals surface area contributed by atoms with E-state index < -0.39 is 12.6 Å². The topological polar surface area (TPSA) is 37.6 Å². The Bertz CT molecular complexity index is 801. The lowest BCUT2D eigenvalue weighted by atomic mass is 10.1. The van der Waals surface area contributed by atoms with Crippen molar-refractivity contribution in [2.24, 2.45) is 7.05 Å².